The molecular formula is C15H28N2O5. The molecule has 5 N–H and O–H groups in total. The summed E-state index contributed by atoms with van der Waals surface area (Å²) in [5, 5.41) is 22.6. The van der Waals surface area contributed by atoms with Gasteiger partial charge in [0, 0.05) is 13.1 Å². The van der Waals surface area contributed by atoms with Gasteiger partial charge < -0.3 is 26.0 Å². The molecule has 7 heteroatoms. The first-order valence-corrected chi connectivity index (χ1v) is 7.66. The van der Waals surface area contributed by atoms with Gasteiger partial charge in [-0.25, -0.2) is 0 Å². The smallest absolute Gasteiger partial charge is 0.309 e. The fourth-order valence-corrected chi connectivity index (χ4v) is 2.49. The second kappa shape index (κ2) is 7.39. The topological polar surface area (TPSA) is 122 Å². The number of nitrogens with two attached hydrogens (primary N) is 1. The van der Waals surface area contributed by atoms with Crippen LogP contribution in [0.1, 0.15) is 46.5 Å². The lowest BCUT2D eigenvalue weighted by Crippen LogP contribution is -2.48. The lowest BCUT2D eigenvalue weighted by atomic mass is 9.78. The van der Waals surface area contributed by atoms with Gasteiger partial charge in [0.2, 0.25) is 5.91 Å². The maximum atomic E-state index is 12.0. The first kappa shape index (κ1) is 18.9. The van der Waals surface area contributed by atoms with Crippen LogP contribution in [0.5, 0.6) is 0 Å². The molecule has 0 aromatic rings. The van der Waals surface area contributed by atoms with Crippen molar-refractivity contribution in [3.63, 3.8) is 0 Å². The Hall–Kier alpha value is -1.18. The van der Waals surface area contributed by atoms with Gasteiger partial charge in [0.15, 0.2) is 0 Å². The van der Waals surface area contributed by atoms with Crippen LogP contribution in [-0.2, 0) is 14.3 Å². The van der Waals surface area contributed by atoms with E-state index in [4.69, 9.17) is 10.5 Å². The Bertz CT molecular complexity index is 397. The van der Waals surface area contributed by atoms with Gasteiger partial charge in [-0.15, -0.1) is 0 Å². The van der Waals surface area contributed by atoms with Crippen molar-refractivity contribution in [2.45, 2.75) is 63.8 Å². The number of ether oxygens (including phenoxy) is 1. The van der Waals surface area contributed by atoms with E-state index in [1.54, 1.807) is 0 Å². The predicted molar refractivity (Wildman–Crippen MR) is 80.8 cm³/mol. The Morgan fingerprint density at radius 2 is 1.91 bits per heavy atom. The molecule has 0 aliphatic heterocycles. The second-order valence-corrected chi connectivity index (χ2v) is 7.08. The fourth-order valence-electron chi connectivity index (χ4n) is 2.49. The Labute approximate surface area is 131 Å². The molecule has 1 fully saturated rings. The van der Waals surface area contributed by atoms with Crippen LogP contribution in [0.3, 0.4) is 0 Å². The van der Waals surface area contributed by atoms with E-state index in [1.807, 2.05) is 20.8 Å². The molecule has 1 atom stereocenters. The van der Waals surface area contributed by atoms with Crippen molar-refractivity contribution in [1.82, 2.24) is 5.32 Å². The summed E-state index contributed by atoms with van der Waals surface area (Å²) >= 11 is 0. The average Bonchev–Trinajstić information content (AvgIpc) is 2.37. The van der Waals surface area contributed by atoms with E-state index in [0.29, 0.717) is 25.7 Å². The highest BCUT2D eigenvalue weighted by Gasteiger charge is 2.37. The van der Waals surface area contributed by atoms with Gasteiger partial charge in [-0.3, -0.25) is 9.59 Å². The van der Waals surface area contributed by atoms with Crippen molar-refractivity contribution in [2.24, 2.45) is 11.7 Å². The quantitative estimate of drug-likeness (QED) is 0.498. The summed E-state index contributed by atoms with van der Waals surface area (Å²) in [6.45, 7) is 5.75. The van der Waals surface area contributed by atoms with Gasteiger partial charge in [0.1, 0.15) is 11.7 Å². The molecule has 0 aromatic heterocycles. The van der Waals surface area contributed by atoms with E-state index in [9.17, 15) is 19.8 Å². The molecule has 0 aromatic carbocycles. The van der Waals surface area contributed by atoms with Crippen molar-refractivity contribution >= 4 is 11.9 Å². The van der Waals surface area contributed by atoms with Crippen LogP contribution >= 0.6 is 0 Å². The summed E-state index contributed by atoms with van der Waals surface area (Å²) in [5.41, 5.74) is 3.51. The van der Waals surface area contributed by atoms with E-state index in [1.165, 1.54) is 0 Å². The maximum Gasteiger partial charge on any atom is 0.309 e. The minimum atomic E-state index is -1.26. The molecule has 0 heterocycles. The third kappa shape index (κ3) is 6.29. The van der Waals surface area contributed by atoms with E-state index in [2.05, 4.69) is 5.32 Å². The molecule has 1 unspecified atom stereocenters. The van der Waals surface area contributed by atoms with E-state index in [0.717, 1.165) is 0 Å². The Balaban J connectivity index is 2.37. The van der Waals surface area contributed by atoms with E-state index >= 15 is 0 Å². The average molecular weight is 316 g/mol. The first-order chi connectivity index (χ1) is 10.0. The molecule has 22 heavy (non-hydrogen) atoms. The van der Waals surface area contributed by atoms with Gasteiger partial charge in [-0.1, -0.05) is 0 Å². The van der Waals surface area contributed by atoms with Crippen LogP contribution in [0.25, 0.3) is 0 Å². The zero-order valence-corrected chi connectivity index (χ0v) is 13.6. The van der Waals surface area contributed by atoms with Crippen LogP contribution in [0.15, 0.2) is 0 Å². The number of aliphatic hydroxyl groups excluding tert-OH is 1. The van der Waals surface area contributed by atoms with Crippen LogP contribution in [-0.4, -0.2) is 52.5 Å². The Morgan fingerprint density at radius 1 is 1.36 bits per heavy atom. The number of carbonyl (C=O) groups excluding carboxylic acids is 2. The highest BCUT2D eigenvalue weighted by Crippen LogP contribution is 2.33. The summed E-state index contributed by atoms with van der Waals surface area (Å²) < 4.78 is 5.36. The van der Waals surface area contributed by atoms with Crippen LogP contribution in [0.2, 0.25) is 0 Å². The number of rotatable bonds is 6. The number of hydrogen-bond acceptors (Lipinski definition) is 6. The minimum Gasteiger partial charge on any atom is -0.460 e. The molecule has 0 spiro atoms. The molecule has 1 amide bonds. The summed E-state index contributed by atoms with van der Waals surface area (Å²) in [5.74, 6) is -1.20. The standard InChI is InChI=1S/C15H28N2O5/c1-14(2,3)22-13(20)10-4-6-15(21,7-5-10)9-17-8-11(18)12(16)19/h10-11,17-18,21H,4-9H2,1-3H3,(H2,16,19). The third-order valence-electron chi connectivity index (χ3n) is 3.78. The molecule has 1 saturated carbocycles. The number of primary amides is 1. The predicted octanol–water partition coefficient (Wildman–Crippen LogP) is -0.315. The van der Waals surface area contributed by atoms with E-state index < -0.39 is 23.2 Å². The zero-order valence-electron chi connectivity index (χ0n) is 13.6. The molecule has 1 rings (SSSR count). The lowest BCUT2D eigenvalue weighted by Gasteiger charge is -2.36. The summed E-state index contributed by atoms with van der Waals surface area (Å²) in [4.78, 5) is 22.7. The molecule has 0 bridgehead atoms. The third-order valence-corrected chi connectivity index (χ3v) is 3.78. The summed E-state index contributed by atoms with van der Waals surface area (Å²) in [6, 6.07) is 0. The number of aliphatic hydroxyl groups is 2. The Kier molecular flexibility index (Phi) is 6.34. The Morgan fingerprint density at radius 3 is 2.36 bits per heavy atom. The number of amides is 1. The van der Waals surface area contributed by atoms with Gasteiger partial charge >= 0.3 is 5.97 Å². The maximum absolute atomic E-state index is 12.0. The van der Waals surface area contributed by atoms with Crippen molar-refractivity contribution in [3.05, 3.63) is 0 Å². The SMILES string of the molecule is CC(C)(C)OC(=O)C1CCC(O)(CNCC(O)C(N)=O)CC1. The van der Waals surface area contributed by atoms with Gasteiger partial charge in [-0.2, -0.15) is 0 Å². The number of hydrogen-bond donors (Lipinski definition) is 4. The van der Waals surface area contributed by atoms with Crippen molar-refractivity contribution in [3.8, 4) is 0 Å². The van der Waals surface area contributed by atoms with Gasteiger partial charge in [0.05, 0.1) is 11.5 Å². The number of esters is 1. The van der Waals surface area contributed by atoms with Crippen molar-refractivity contribution < 1.29 is 24.5 Å². The first-order valence-electron chi connectivity index (χ1n) is 7.66. The highest BCUT2D eigenvalue weighted by atomic mass is 16.6. The number of carbonyl (C=O) groups is 2. The van der Waals surface area contributed by atoms with Crippen LogP contribution < -0.4 is 11.1 Å². The van der Waals surface area contributed by atoms with E-state index in [-0.39, 0.29) is 25.0 Å². The van der Waals surface area contributed by atoms with Crippen LogP contribution in [0.4, 0.5) is 0 Å². The van der Waals surface area contributed by atoms with Crippen LogP contribution in [0, 0.1) is 5.92 Å². The summed E-state index contributed by atoms with van der Waals surface area (Å²) in [7, 11) is 0. The normalized spacial score (nSPS) is 27.2. The fraction of sp³-hybridized carbons (Fsp3) is 0.867. The monoisotopic (exact) mass is 316 g/mol. The zero-order chi connectivity index (χ0) is 17.0. The molecule has 128 valence electrons. The van der Waals surface area contributed by atoms with Crippen molar-refractivity contribution in [1.29, 1.82) is 0 Å². The second-order valence-electron chi connectivity index (χ2n) is 7.08. The number of nitrogens with one attached hydrogen (secondary N) is 1. The lowest BCUT2D eigenvalue weighted by molar-refractivity contribution is -0.162. The molecule has 0 saturated heterocycles. The summed E-state index contributed by atoms with van der Waals surface area (Å²) in [6.07, 6.45) is 0.797. The highest BCUT2D eigenvalue weighted by molar-refractivity contribution is 5.78. The van der Waals surface area contributed by atoms with Crippen molar-refractivity contribution in [2.75, 3.05) is 13.1 Å². The largest absolute Gasteiger partial charge is 0.460 e. The molecule has 1 aliphatic carbocycles. The minimum absolute atomic E-state index is 0.00708. The molecule has 0 radical (unpaired) electrons. The van der Waals surface area contributed by atoms with Gasteiger partial charge in [-0.05, 0) is 46.5 Å². The molecular weight excluding hydrogens is 288 g/mol. The molecule has 1 aliphatic rings. The van der Waals surface area contributed by atoms with Gasteiger partial charge in [0.25, 0.3) is 0 Å². The molecule has 7 nitrogen and oxygen atoms in total.